The van der Waals surface area contributed by atoms with Crippen molar-refractivity contribution in [1.29, 1.82) is 0 Å². The second-order valence-corrected chi connectivity index (χ2v) is 8.71. The number of hydrogen-bond acceptors (Lipinski definition) is 5. The SMILES string of the molecule is Cc1cccc(C)c1NC(=O)[C@H](C)OC(=O)c1cccc(CS(C)(=O)=O)c1. The number of rotatable bonds is 6. The van der Waals surface area contributed by atoms with E-state index in [-0.39, 0.29) is 11.3 Å². The predicted octanol–water partition coefficient (Wildman–Crippen LogP) is 3.03. The third-order valence-electron chi connectivity index (χ3n) is 3.97. The summed E-state index contributed by atoms with van der Waals surface area (Å²) in [5, 5.41) is 2.78. The summed E-state index contributed by atoms with van der Waals surface area (Å²) in [6.07, 6.45) is 0.118. The monoisotopic (exact) mass is 389 g/mol. The Morgan fingerprint density at radius 2 is 1.67 bits per heavy atom. The van der Waals surface area contributed by atoms with Gasteiger partial charge in [-0.25, -0.2) is 13.2 Å². The molecule has 27 heavy (non-hydrogen) atoms. The van der Waals surface area contributed by atoms with Crippen LogP contribution in [-0.4, -0.2) is 32.7 Å². The molecule has 0 heterocycles. The molecule has 0 fully saturated rings. The molecule has 0 aromatic heterocycles. The van der Waals surface area contributed by atoms with Gasteiger partial charge in [0, 0.05) is 11.9 Å². The summed E-state index contributed by atoms with van der Waals surface area (Å²) in [5.41, 5.74) is 3.20. The standard InChI is InChI=1S/C20H23NO5S/c1-13-7-5-8-14(2)18(13)21-19(22)15(3)26-20(23)17-10-6-9-16(11-17)12-27(4,24)25/h5-11,15H,12H2,1-4H3,(H,21,22)/t15-/m0/s1. The lowest BCUT2D eigenvalue weighted by Crippen LogP contribution is -2.30. The predicted molar refractivity (Wildman–Crippen MR) is 104 cm³/mol. The van der Waals surface area contributed by atoms with Crippen LogP contribution in [-0.2, 0) is 25.1 Å². The van der Waals surface area contributed by atoms with Crippen molar-refractivity contribution < 1.29 is 22.7 Å². The average molecular weight is 389 g/mol. The van der Waals surface area contributed by atoms with Gasteiger partial charge in [-0.15, -0.1) is 0 Å². The number of ether oxygens (including phenoxy) is 1. The van der Waals surface area contributed by atoms with Gasteiger partial charge in [0.25, 0.3) is 5.91 Å². The summed E-state index contributed by atoms with van der Waals surface area (Å²) in [6.45, 7) is 5.25. The molecule has 2 aromatic rings. The molecule has 0 aliphatic carbocycles. The Morgan fingerprint density at radius 1 is 1.07 bits per heavy atom. The van der Waals surface area contributed by atoms with E-state index >= 15 is 0 Å². The zero-order valence-corrected chi connectivity index (χ0v) is 16.6. The number of carbonyl (C=O) groups is 2. The first-order valence-corrected chi connectivity index (χ1v) is 10.5. The molecular formula is C20H23NO5S. The number of sulfone groups is 1. The second-order valence-electron chi connectivity index (χ2n) is 6.57. The van der Waals surface area contributed by atoms with E-state index in [1.807, 2.05) is 32.0 Å². The van der Waals surface area contributed by atoms with E-state index in [9.17, 15) is 18.0 Å². The maximum absolute atomic E-state index is 12.4. The van der Waals surface area contributed by atoms with Crippen LogP contribution in [0.2, 0.25) is 0 Å². The molecule has 1 N–H and O–H groups in total. The lowest BCUT2D eigenvalue weighted by molar-refractivity contribution is -0.123. The van der Waals surface area contributed by atoms with Gasteiger partial charge >= 0.3 is 5.97 Å². The molecule has 0 unspecified atom stereocenters. The van der Waals surface area contributed by atoms with Gasteiger partial charge < -0.3 is 10.1 Å². The first-order chi connectivity index (χ1) is 12.6. The topological polar surface area (TPSA) is 89.5 Å². The average Bonchev–Trinajstić information content (AvgIpc) is 2.56. The number of benzene rings is 2. The summed E-state index contributed by atoms with van der Waals surface area (Å²) in [7, 11) is -3.22. The van der Waals surface area contributed by atoms with E-state index in [0.29, 0.717) is 11.3 Å². The van der Waals surface area contributed by atoms with Gasteiger partial charge in [0.1, 0.15) is 0 Å². The summed E-state index contributed by atoms with van der Waals surface area (Å²) in [4.78, 5) is 24.7. The lowest BCUT2D eigenvalue weighted by atomic mass is 10.1. The minimum Gasteiger partial charge on any atom is -0.449 e. The summed E-state index contributed by atoms with van der Waals surface area (Å²) in [5.74, 6) is -1.29. The van der Waals surface area contributed by atoms with E-state index in [2.05, 4.69) is 5.32 Å². The molecule has 0 aliphatic heterocycles. The fourth-order valence-electron chi connectivity index (χ4n) is 2.61. The van der Waals surface area contributed by atoms with Crippen LogP contribution in [0.15, 0.2) is 42.5 Å². The highest BCUT2D eigenvalue weighted by Gasteiger charge is 2.20. The fourth-order valence-corrected chi connectivity index (χ4v) is 3.39. The molecule has 0 spiro atoms. The van der Waals surface area contributed by atoms with Crippen LogP contribution < -0.4 is 5.32 Å². The van der Waals surface area contributed by atoms with Crippen LogP contribution in [0.3, 0.4) is 0 Å². The molecule has 6 nitrogen and oxygen atoms in total. The Morgan fingerprint density at radius 3 is 2.26 bits per heavy atom. The van der Waals surface area contributed by atoms with Crippen LogP contribution in [0.4, 0.5) is 5.69 Å². The van der Waals surface area contributed by atoms with Gasteiger partial charge in [0.2, 0.25) is 0 Å². The van der Waals surface area contributed by atoms with Gasteiger partial charge in [-0.1, -0.05) is 30.3 Å². The summed E-state index contributed by atoms with van der Waals surface area (Å²) in [6, 6.07) is 11.8. The zero-order chi connectivity index (χ0) is 20.2. The van der Waals surface area contributed by atoms with Crippen LogP contribution in [0, 0.1) is 13.8 Å². The third-order valence-corrected chi connectivity index (χ3v) is 4.83. The van der Waals surface area contributed by atoms with Crippen LogP contribution in [0.25, 0.3) is 0 Å². The highest BCUT2D eigenvalue weighted by molar-refractivity contribution is 7.89. The maximum atomic E-state index is 12.4. The van der Waals surface area contributed by atoms with Crippen molar-refractivity contribution >= 4 is 27.4 Å². The van der Waals surface area contributed by atoms with E-state index in [1.54, 1.807) is 12.1 Å². The van der Waals surface area contributed by atoms with Gasteiger partial charge in [0.05, 0.1) is 11.3 Å². The highest BCUT2D eigenvalue weighted by atomic mass is 32.2. The number of hydrogen-bond donors (Lipinski definition) is 1. The molecule has 0 bridgehead atoms. The largest absolute Gasteiger partial charge is 0.449 e. The number of amides is 1. The number of aryl methyl sites for hydroxylation is 2. The maximum Gasteiger partial charge on any atom is 0.338 e. The van der Waals surface area contributed by atoms with Gasteiger partial charge in [-0.05, 0) is 49.6 Å². The smallest absolute Gasteiger partial charge is 0.338 e. The molecule has 0 aliphatic rings. The quantitative estimate of drug-likeness (QED) is 0.767. The van der Waals surface area contributed by atoms with Crippen LogP contribution in [0.1, 0.15) is 34.0 Å². The van der Waals surface area contributed by atoms with Crippen molar-refractivity contribution in [2.75, 3.05) is 11.6 Å². The minimum absolute atomic E-state index is 0.170. The van der Waals surface area contributed by atoms with Crippen molar-refractivity contribution in [3.63, 3.8) is 0 Å². The van der Waals surface area contributed by atoms with Crippen molar-refractivity contribution in [3.8, 4) is 0 Å². The first kappa shape index (κ1) is 20.6. The third kappa shape index (κ3) is 5.92. The second kappa shape index (κ2) is 8.35. The van der Waals surface area contributed by atoms with Gasteiger partial charge in [-0.3, -0.25) is 4.79 Å². The lowest BCUT2D eigenvalue weighted by Gasteiger charge is -2.16. The van der Waals surface area contributed by atoms with Crippen molar-refractivity contribution in [3.05, 3.63) is 64.7 Å². The van der Waals surface area contributed by atoms with E-state index in [0.717, 1.165) is 17.4 Å². The molecule has 0 radical (unpaired) electrons. The van der Waals surface area contributed by atoms with Gasteiger partial charge in [0.15, 0.2) is 15.9 Å². The summed E-state index contributed by atoms with van der Waals surface area (Å²) >= 11 is 0. The van der Waals surface area contributed by atoms with Crippen LogP contribution >= 0.6 is 0 Å². The molecule has 0 saturated heterocycles. The molecule has 1 amide bonds. The van der Waals surface area contributed by atoms with Gasteiger partial charge in [-0.2, -0.15) is 0 Å². The number of carbonyl (C=O) groups excluding carboxylic acids is 2. The summed E-state index contributed by atoms with van der Waals surface area (Å²) < 4.78 is 28.1. The Kier molecular flexibility index (Phi) is 6.38. The first-order valence-electron chi connectivity index (χ1n) is 8.41. The fraction of sp³-hybridized carbons (Fsp3) is 0.300. The van der Waals surface area contributed by atoms with Crippen molar-refractivity contribution in [2.45, 2.75) is 32.6 Å². The molecule has 2 rings (SSSR count). The van der Waals surface area contributed by atoms with E-state index < -0.39 is 27.8 Å². The molecule has 2 aromatic carbocycles. The number of para-hydroxylation sites is 1. The van der Waals surface area contributed by atoms with E-state index in [4.69, 9.17) is 4.74 Å². The number of nitrogens with one attached hydrogen (secondary N) is 1. The Balaban J connectivity index is 2.07. The zero-order valence-electron chi connectivity index (χ0n) is 15.8. The van der Waals surface area contributed by atoms with Crippen molar-refractivity contribution in [1.82, 2.24) is 0 Å². The molecule has 0 saturated carbocycles. The van der Waals surface area contributed by atoms with Crippen LogP contribution in [0.5, 0.6) is 0 Å². The Hall–Kier alpha value is -2.67. The minimum atomic E-state index is -3.22. The van der Waals surface area contributed by atoms with E-state index in [1.165, 1.54) is 19.1 Å². The normalized spacial score (nSPS) is 12.3. The highest BCUT2D eigenvalue weighted by Crippen LogP contribution is 2.20. The number of esters is 1. The van der Waals surface area contributed by atoms with Crippen molar-refractivity contribution in [2.24, 2.45) is 0 Å². The number of anilines is 1. The molecule has 1 atom stereocenters. The Labute approximate surface area is 159 Å². The Bertz CT molecular complexity index is 946. The molecule has 144 valence electrons. The molecular weight excluding hydrogens is 366 g/mol. The molecule has 7 heteroatoms.